The lowest BCUT2D eigenvalue weighted by Crippen LogP contribution is -2.34. The van der Waals surface area contributed by atoms with E-state index in [0.29, 0.717) is 0 Å². The Hall–Kier alpha value is -3.45. The van der Waals surface area contributed by atoms with Gasteiger partial charge in [0, 0.05) is 41.1 Å². The first-order chi connectivity index (χ1) is 19.0. The van der Waals surface area contributed by atoms with Crippen LogP contribution in [-0.2, 0) is 19.4 Å². The number of hydrogen-bond acceptors (Lipinski definition) is 5. The van der Waals surface area contributed by atoms with Crippen molar-refractivity contribution >= 4 is 17.2 Å². The van der Waals surface area contributed by atoms with E-state index in [9.17, 15) is 4.79 Å². The Morgan fingerprint density at radius 1 is 1.13 bits per heavy atom. The molecule has 1 N–H and O–H groups in total. The molecular weight excluding hydrogens is 504 g/mol. The van der Waals surface area contributed by atoms with Crippen LogP contribution in [0.1, 0.15) is 73.8 Å². The summed E-state index contributed by atoms with van der Waals surface area (Å²) in [5, 5.41) is 6.34. The topological polar surface area (TPSA) is 69.0 Å². The fourth-order valence-electron chi connectivity index (χ4n) is 4.83. The highest BCUT2D eigenvalue weighted by Gasteiger charge is 2.22. The summed E-state index contributed by atoms with van der Waals surface area (Å²) >= 11 is 1.62. The van der Waals surface area contributed by atoms with Crippen LogP contribution in [0.3, 0.4) is 0 Å². The van der Waals surface area contributed by atoms with Gasteiger partial charge in [-0.05, 0) is 68.5 Å². The molecule has 0 saturated heterocycles. The molecule has 0 aliphatic carbocycles. The van der Waals surface area contributed by atoms with Gasteiger partial charge >= 0.3 is 0 Å². The van der Waals surface area contributed by atoms with Gasteiger partial charge in [0.2, 0.25) is 0 Å². The number of rotatable bonds is 13. The molecule has 0 fully saturated rings. The number of benzene rings is 1. The molecule has 3 aromatic heterocycles. The number of nitrogens with one attached hydrogen (secondary N) is 1. The van der Waals surface area contributed by atoms with E-state index in [-0.39, 0.29) is 11.9 Å². The average molecular weight is 545 g/mol. The first-order valence-corrected chi connectivity index (χ1v) is 14.9. The van der Waals surface area contributed by atoms with Crippen LogP contribution in [0, 0.1) is 6.92 Å². The number of unbranched alkanes of at least 4 members (excludes halogenated alkanes) is 1. The van der Waals surface area contributed by atoms with Crippen molar-refractivity contribution in [3.8, 4) is 27.7 Å². The van der Waals surface area contributed by atoms with Gasteiger partial charge in [0.05, 0.1) is 24.1 Å². The molecule has 7 heteroatoms. The van der Waals surface area contributed by atoms with Gasteiger partial charge in [-0.3, -0.25) is 9.78 Å². The van der Waals surface area contributed by atoms with E-state index in [1.54, 1.807) is 18.4 Å². The molecule has 0 bridgehead atoms. The highest BCUT2D eigenvalue weighted by molar-refractivity contribution is 7.13. The van der Waals surface area contributed by atoms with Gasteiger partial charge < -0.3 is 14.6 Å². The number of ether oxygens (including phenoxy) is 1. The van der Waals surface area contributed by atoms with Gasteiger partial charge in [-0.1, -0.05) is 45.7 Å². The Morgan fingerprint density at radius 2 is 1.92 bits per heavy atom. The van der Waals surface area contributed by atoms with Crippen LogP contribution in [-0.4, -0.2) is 33.6 Å². The van der Waals surface area contributed by atoms with E-state index in [0.717, 1.165) is 89.7 Å². The zero-order valence-corrected chi connectivity index (χ0v) is 24.6. The number of aryl methyl sites for hydroxylation is 2. The molecular formula is C32H40N4O2S. The fourth-order valence-corrected chi connectivity index (χ4v) is 5.64. The summed E-state index contributed by atoms with van der Waals surface area (Å²) in [6, 6.07) is 14.5. The van der Waals surface area contributed by atoms with Crippen molar-refractivity contribution in [3.63, 3.8) is 0 Å². The number of carbonyl (C=O) groups is 1. The summed E-state index contributed by atoms with van der Waals surface area (Å²) < 4.78 is 7.56. The van der Waals surface area contributed by atoms with E-state index in [1.165, 1.54) is 5.56 Å². The predicted octanol–water partition coefficient (Wildman–Crippen LogP) is 7.49. The number of aromatic nitrogens is 3. The van der Waals surface area contributed by atoms with E-state index >= 15 is 0 Å². The van der Waals surface area contributed by atoms with Gasteiger partial charge in [0.1, 0.15) is 10.8 Å². The molecule has 1 atom stereocenters. The predicted molar refractivity (Wildman–Crippen MR) is 161 cm³/mol. The maximum atomic E-state index is 13.5. The minimum atomic E-state index is -0.00271. The summed E-state index contributed by atoms with van der Waals surface area (Å²) in [7, 11) is 1.68. The first kappa shape index (κ1) is 28.6. The van der Waals surface area contributed by atoms with Gasteiger partial charge in [-0.15, -0.1) is 11.3 Å². The Labute approximate surface area is 236 Å². The monoisotopic (exact) mass is 544 g/mol. The largest absolute Gasteiger partial charge is 0.497 e. The van der Waals surface area contributed by atoms with E-state index in [1.807, 2.05) is 37.4 Å². The standard InChI is InChI=1S/C32H40N4O2S/c1-6-9-10-25(7-2)34-31(37)28-20-30(29-21-39-32(35-29)24-15-17-33-26(8-3)19-24)36(22(28)4)18-16-23-11-13-27(38-5)14-12-23/h11-15,17,19-21,25H,6-10,16,18H2,1-5H3,(H,34,37). The third kappa shape index (κ3) is 6.95. The average Bonchev–Trinajstić information content (AvgIpc) is 3.59. The van der Waals surface area contributed by atoms with Gasteiger partial charge in [0.15, 0.2) is 0 Å². The van der Waals surface area contributed by atoms with Gasteiger partial charge in [-0.2, -0.15) is 0 Å². The lowest BCUT2D eigenvalue weighted by atomic mass is 10.1. The number of amides is 1. The molecule has 3 heterocycles. The van der Waals surface area contributed by atoms with Crippen molar-refractivity contribution < 1.29 is 9.53 Å². The minimum Gasteiger partial charge on any atom is -0.497 e. The van der Waals surface area contributed by atoms with Crippen LogP contribution in [0.2, 0.25) is 0 Å². The summed E-state index contributed by atoms with van der Waals surface area (Å²) in [5.41, 5.74) is 6.89. The van der Waals surface area contributed by atoms with Crippen molar-refractivity contribution in [2.45, 2.75) is 78.8 Å². The molecule has 1 unspecified atom stereocenters. The molecule has 0 saturated carbocycles. The van der Waals surface area contributed by atoms with Crippen molar-refractivity contribution in [2.75, 3.05) is 7.11 Å². The molecule has 0 spiro atoms. The quantitative estimate of drug-likeness (QED) is 0.189. The van der Waals surface area contributed by atoms with Crippen molar-refractivity contribution in [1.82, 2.24) is 19.9 Å². The van der Waals surface area contributed by atoms with Crippen LogP contribution in [0.5, 0.6) is 5.75 Å². The number of methoxy groups -OCH3 is 1. The zero-order chi connectivity index (χ0) is 27.8. The van der Waals surface area contributed by atoms with Crippen LogP contribution >= 0.6 is 11.3 Å². The molecule has 206 valence electrons. The Kier molecular flexibility index (Phi) is 9.93. The molecule has 1 amide bonds. The van der Waals surface area contributed by atoms with Crippen molar-refractivity contribution in [3.05, 3.63) is 76.6 Å². The Morgan fingerprint density at radius 3 is 2.62 bits per heavy atom. The fraction of sp³-hybridized carbons (Fsp3) is 0.406. The van der Waals surface area contributed by atoms with E-state index in [4.69, 9.17) is 9.72 Å². The van der Waals surface area contributed by atoms with E-state index < -0.39 is 0 Å². The van der Waals surface area contributed by atoms with Gasteiger partial charge in [-0.25, -0.2) is 4.98 Å². The number of hydrogen-bond donors (Lipinski definition) is 1. The summed E-state index contributed by atoms with van der Waals surface area (Å²) in [6.45, 7) is 9.22. The SMILES string of the molecule is CCCCC(CC)NC(=O)c1cc(-c2csc(-c3ccnc(CC)c3)n2)n(CCc2ccc(OC)cc2)c1C. The zero-order valence-electron chi connectivity index (χ0n) is 23.8. The maximum Gasteiger partial charge on any atom is 0.253 e. The number of thiazole rings is 1. The van der Waals surface area contributed by atoms with E-state index in [2.05, 4.69) is 59.2 Å². The summed E-state index contributed by atoms with van der Waals surface area (Å²) in [6.07, 6.45) is 7.74. The normalized spacial score (nSPS) is 11.9. The second-order valence-electron chi connectivity index (χ2n) is 9.93. The molecule has 6 nitrogen and oxygen atoms in total. The highest BCUT2D eigenvalue weighted by atomic mass is 32.1. The van der Waals surface area contributed by atoms with Crippen molar-refractivity contribution in [1.29, 1.82) is 0 Å². The first-order valence-electron chi connectivity index (χ1n) is 14.0. The lowest BCUT2D eigenvalue weighted by molar-refractivity contribution is 0.0932. The second-order valence-corrected chi connectivity index (χ2v) is 10.8. The van der Waals surface area contributed by atoms with Crippen molar-refractivity contribution in [2.24, 2.45) is 0 Å². The maximum absolute atomic E-state index is 13.5. The molecule has 39 heavy (non-hydrogen) atoms. The summed E-state index contributed by atoms with van der Waals surface area (Å²) in [5.74, 6) is 0.846. The number of carbonyl (C=O) groups excluding carboxylic acids is 1. The highest BCUT2D eigenvalue weighted by Crippen LogP contribution is 2.32. The molecule has 0 aliphatic heterocycles. The number of nitrogens with zero attached hydrogens (tertiary/aromatic N) is 3. The Balaban J connectivity index is 1.66. The third-order valence-electron chi connectivity index (χ3n) is 7.32. The molecule has 0 aliphatic rings. The smallest absolute Gasteiger partial charge is 0.253 e. The van der Waals surface area contributed by atoms with Crippen LogP contribution in [0.15, 0.2) is 54.0 Å². The van der Waals surface area contributed by atoms with Crippen LogP contribution < -0.4 is 10.1 Å². The minimum absolute atomic E-state index is 0.00271. The molecule has 1 aromatic carbocycles. The molecule has 4 aromatic rings. The summed E-state index contributed by atoms with van der Waals surface area (Å²) in [4.78, 5) is 22.9. The van der Waals surface area contributed by atoms with Crippen LogP contribution in [0.25, 0.3) is 22.0 Å². The Bertz CT molecular complexity index is 1370. The van der Waals surface area contributed by atoms with Gasteiger partial charge in [0.25, 0.3) is 5.91 Å². The molecule has 4 rings (SSSR count). The third-order valence-corrected chi connectivity index (χ3v) is 8.21. The van der Waals surface area contributed by atoms with Crippen LogP contribution in [0.4, 0.5) is 0 Å². The molecule has 0 radical (unpaired) electrons. The second kappa shape index (κ2) is 13.6. The lowest BCUT2D eigenvalue weighted by Gasteiger charge is -2.17. The number of pyridine rings is 1.